The van der Waals surface area contributed by atoms with Crippen molar-refractivity contribution in [3.63, 3.8) is 0 Å². The van der Waals surface area contributed by atoms with Crippen molar-refractivity contribution in [1.82, 2.24) is 0 Å². The van der Waals surface area contributed by atoms with Crippen LogP contribution in [0.5, 0.6) is 0 Å². The molecule has 2 aromatic carbocycles. The van der Waals surface area contributed by atoms with Crippen molar-refractivity contribution in [2.45, 2.75) is 69.2 Å². The minimum absolute atomic E-state index is 0. The van der Waals surface area contributed by atoms with Crippen LogP contribution in [0, 0.1) is 69.2 Å². The van der Waals surface area contributed by atoms with Crippen molar-refractivity contribution in [3.05, 3.63) is 55.6 Å². The Kier molecular flexibility index (Phi) is 9.83. The normalized spacial score (nSPS) is 9.55. The van der Waals surface area contributed by atoms with Crippen LogP contribution >= 0.6 is 0 Å². The van der Waals surface area contributed by atoms with E-state index < -0.39 is 0 Å². The Labute approximate surface area is 157 Å². The quantitative estimate of drug-likeness (QED) is 0.477. The standard InChI is InChI=1S/2C10H15.H3Si.Ti/c2*1-6-7(2)9(4)10(5)8(6)3;;/h2*1-5H3;1H3;/q2*-1;;+2. The van der Waals surface area contributed by atoms with E-state index in [0.29, 0.717) is 0 Å². The van der Waals surface area contributed by atoms with Crippen molar-refractivity contribution in [3.8, 4) is 0 Å². The second-order valence-corrected chi connectivity index (χ2v) is 6.25. The van der Waals surface area contributed by atoms with Gasteiger partial charge in [-0.3, -0.25) is 0 Å². The summed E-state index contributed by atoms with van der Waals surface area (Å²) in [5, 5.41) is 0. The van der Waals surface area contributed by atoms with E-state index in [-0.39, 0.29) is 32.7 Å². The van der Waals surface area contributed by atoms with Crippen LogP contribution in [0.15, 0.2) is 0 Å². The fraction of sp³-hybridized carbons (Fsp3) is 0.500. The van der Waals surface area contributed by atoms with Gasteiger partial charge in [0, 0.05) is 0 Å². The van der Waals surface area contributed by atoms with Crippen LogP contribution in [0.3, 0.4) is 0 Å². The molecule has 0 saturated carbocycles. The Balaban J connectivity index is 0. The second-order valence-electron chi connectivity index (χ2n) is 6.25. The molecule has 0 aliphatic rings. The van der Waals surface area contributed by atoms with Gasteiger partial charge in [-0.15, -0.1) is 0 Å². The third-order valence-corrected chi connectivity index (χ3v) is 5.62. The zero-order chi connectivity index (χ0) is 15.8. The summed E-state index contributed by atoms with van der Waals surface area (Å²) in [6, 6.07) is 0. The molecule has 0 saturated heterocycles. The van der Waals surface area contributed by atoms with E-state index >= 15 is 0 Å². The Morgan fingerprint density at radius 2 is 0.591 bits per heavy atom. The maximum absolute atomic E-state index is 2.20. The SMILES string of the molecule is Cc1c(C)c(C)[c-](C)c1C.Cc1c(C)c(C)[c-](C)c1C.[SiH3].[Ti+2]. The predicted octanol–water partition coefficient (Wildman–Crippen LogP) is 4.71. The molecule has 0 amide bonds. The molecule has 0 nitrogen and oxygen atoms in total. The molecule has 0 spiro atoms. The second kappa shape index (κ2) is 9.06. The molecule has 2 rings (SSSR count). The molecule has 22 heavy (non-hydrogen) atoms. The summed E-state index contributed by atoms with van der Waals surface area (Å²) < 4.78 is 0. The van der Waals surface area contributed by atoms with E-state index in [1.807, 2.05) is 0 Å². The van der Waals surface area contributed by atoms with Crippen LogP contribution in [0.4, 0.5) is 0 Å². The molecule has 0 N–H and O–H groups in total. The van der Waals surface area contributed by atoms with Crippen LogP contribution in [-0.2, 0) is 21.7 Å². The van der Waals surface area contributed by atoms with Gasteiger partial charge in [-0.05, 0) is 11.0 Å². The van der Waals surface area contributed by atoms with Crippen molar-refractivity contribution in [2.24, 2.45) is 0 Å². The zero-order valence-electron chi connectivity index (χ0n) is 16.5. The van der Waals surface area contributed by atoms with Crippen LogP contribution in [-0.4, -0.2) is 11.0 Å². The first-order valence-electron chi connectivity index (χ1n) is 7.50. The van der Waals surface area contributed by atoms with Gasteiger partial charge < -0.3 is 0 Å². The summed E-state index contributed by atoms with van der Waals surface area (Å²) in [6.07, 6.45) is 0. The van der Waals surface area contributed by atoms with Gasteiger partial charge in [-0.25, -0.2) is 0 Å². The molecule has 1 radical (unpaired) electrons. The van der Waals surface area contributed by atoms with E-state index in [9.17, 15) is 0 Å². The van der Waals surface area contributed by atoms with Crippen LogP contribution < -0.4 is 0 Å². The van der Waals surface area contributed by atoms with E-state index in [1.165, 1.54) is 55.6 Å². The van der Waals surface area contributed by atoms with Crippen molar-refractivity contribution in [1.29, 1.82) is 0 Å². The Hall–Kier alpha value is -0.369. The molecule has 0 aliphatic carbocycles. The van der Waals surface area contributed by atoms with E-state index in [0.717, 1.165) is 0 Å². The van der Waals surface area contributed by atoms with E-state index in [2.05, 4.69) is 69.2 Å². The van der Waals surface area contributed by atoms with Gasteiger partial charge in [0.1, 0.15) is 0 Å². The maximum Gasteiger partial charge on any atom is 2.00 e. The predicted molar refractivity (Wildman–Crippen MR) is 101 cm³/mol. The smallest absolute Gasteiger partial charge is 0.196 e. The van der Waals surface area contributed by atoms with Gasteiger partial charge in [0.25, 0.3) is 0 Å². The molecule has 0 aliphatic heterocycles. The van der Waals surface area contributed by atoms with Gasteiger partial charge in [-0.2, -0.15) is 55.6 Å². The molecule has 0 atom stereocenters. The minimum atomic E-state index is 0. The molecule has 2 aromatic rings. The Morgan fingerprint density at radius 1 is 0.455 bits per heavy atom. The first-order valence-corrected chi connectivity index (χ1v) is 7.50. The first-order chi connectivity index (χ1) is 9.11. The van der Waals surface area contributed by atoms with Gasteiger partial charge in [0.15, 0.2) is 0 Å². The van der Waals surface area contributed by atoms with Gasteiger partial charge >= 0.3 is 21.7 Å². The minimum Gasteiger partial charge on any atom is -0.196 e. The van der Waals surface area contributed by atoms with Gasteiger partial charge in [0.05, 0.1) is 0 Å². The molecular formula is C20H33SiTi. The molecule has 2 heteroatoms. The molecule has 0 heterocycles. The maximum atomic E-state index is 2.20. The number of hydrogen-bond donors (Lipinski definition) is 0. The van der Waals surface area contributed by atoms with Crippen molar-refractivity contribution in [2.75, 3.05) is 0 Å². The third kappa shape index (κ3) is 4.34. The van der Waals surface area contributed by atoms with Gasteiger partial charge in [0.2, 0.25) is 0 Å². The Bertz CT molecular complexity index is 410. The average Bonchev–Trinajstić information content (AvgIpc) is 2.71. The largest absolute Gasteiger partial charge is 2.00 e. The molecular weight excluding hydrogens is 316 g/mol. The third-order valence-electron chi connectivity index (χ3n) is 5.62. The molecule has 0 bridgehead atoms. The van der Waals surface area contributed by atoms with E-state index in [4.69, 9.17) is 0 Å². The van der Waals surface area contributed by atoms with Crippen molar-refractivity contribution < 1.29 is 21.7 Å². The topological polar surface area (TPSA) is 0 Å². The Morgan fingerprint density at radius 3 is 0.636 bits per heavy atom. The summed E-state index contributed by atoms with van der Waals surface area (Å²) in [5.41, 5.74) is 14.7. The summed E-state index contributed by atoms with van der Waals surface area (Å²) in [5.74, 6) is 0. The summed E-state index contributed by atoms with van der Waals surface area (Å²) in [6.45, 7) is 22.0. The molecule has 0 unspecified atom stereocenters. The molecule has 0 aromatic heterocycles. The first kappa shape index (κ1) is 23.9. The van der Waals surface area contributed by atoms with Crippen LogP contribution in [0.1, 0.15) is 55.6 Å². The fourth-order valence-corrected chi connectivity index (χ4v) is 2.81. The fourth-order valence-electron chi connectivity index (χ4n) is 2.81. The summed E-state index contributed by atoms with van der Waals surface area (Å²) >= 11 is 0. The monoisotopic (exact) mass is 349 g/mol. The molecule has 0 fully saturated rings. The zero-order valence-corrected chi connectivity index (χ0v) is 20.1. The van der Waals surface area contributed by atoms with Crippen LogP contribution in [0.2, 0.25) is 0 Å². The summed E-state index contributed by atoms with van der Waals surface area (Å²) in [4.78, 5) is 0. The van der Waals surface area contributed by atoms with E-state index in [1.54, 1.807) is 0 Å². The summed E-state index contributed by atoms with van der Waals surface area (Å²) in [7, 11) is 0. The van der Waals surface area contributed by atoms with Gasteiger partial charge in [-0.1, -0.05) is 69.2 Å². The molecule has 121 valence electrons. The number of rotatable bonds is 0. The van der Waals surface area contributed by atoms with Crippen LogP contribution in [0.25, 0.3) is 0 Å². The van der Waals surface area contributed by atoms with Crippen molar-refractivity contribution >= 4 is 11.0 Å². The average molecular weight is 349 g/mol. The number of hydrogen-bond acceptors (Lipinski definition) is 0.